The Labute approximate surface area is 86.9 Å². The molecule has 1 nitrogen and oxygen atoms in total. The predicted molar refractivity (Wildman–Crippen MR) is 64.0 cm³/mol. The van der Waals surface area contributed by atoms with Crippen LogP contribution in [-0.2, 0) is 4.57 Å². The van der Waals surface area contributed by atoms with Crippen LogP contribution < -0.4 is 5.30 Å². The van der Waals surface area contributed by atoms with E-state index in [2.05, 4.69) is 6.92 Å². The van der Waals surface area contributed by atoms with E-state index in [1.165, 1.54) is 12.8 Å². The lowest BCUT2D eigenvalue weighted by Crippen LogP contribution is -2.05. The van der Waals surface area contributed by atoms with Gasteiger partial charge in [-0.15, -0.1) is 0 Å². The summed E-state index contributed by atoms with van der Waals surface area (Å²) in [5.41, 5.74) is 0. The van der Waals surface area contributed by atoms with Gasteiger partial charge in [-0.2, -0.15) is 0 Å². The van der Waals surface area contributed by atoms with Crippen LogP contribution in [0.3, 0.4) is 0 Å². The monoisotopic (exact) mass is 210 g/mol. The fraction of sp³-hybridized carbons (Fsp3) is 0.500. The smallest absolute Gasteiger partial charge is 0.112 e. The highest BCUT2D eigenvalue weighted by Crippen LogP contribution is 2.40. The summed E-state index contributed by atoms with van der Waals surface area (Å²) in [5, 5.41) is 1.02. The van der Waals surface area contributed by atoms with E-state index >= 15 is 0 Å². The van der Waals surface area contributed by atoms with Crippen molar-refractivity contribution >= 4 is 12.4 Å². The van der Waals surface area contributed by atoms with Gasteiger partial charge in [0.05, 0.1) is 0 Å². The van der Waals surface area contributed by atoms with E-state index in [0.717, 1.165) is 17.9 Å². The highest BCUT2D eigenvalue weighted by atomic mass is 31.2. The molecule has 1 aromatic carbocycles. The van der Waals surface area contributed by atoms with E-state index in [4.69, 9.17) is 0 Å². The summed E-state index contributed by atoms with van der Waals surface area (Å²) in [6.07, 6.45) is 4.31. The number of hydrogen-bond donors (Lipinski definition) is 0. The zero-order valence-corrected chi connectivity index (χ0v) is 9.97. The van der Waals surface area contributed by atoms with Gasteiger partial charge in [-0.25, -0.2) is 0 Å². The van der Waals surface area contributed by atoms with Crippen molar-refractivity contribution in [3.05, 3.63) is 30.3 Å². The summed E-state index contributed by atoms with van der Waals surface area (Å²) in [4.78, 5) is 0. The molecule has 0 N–H and O–H groups in total. The third kappa shape index (κ3) is 3.31. The number of benzene rings is 1. The van der Waals surface area contributed by atoms with Crippen molar-refractivity contribution in [2.24, 2.45) is 0 Å². The topological polar surface area (TPSA) is 17.1 Å². The van der Waals surface area contributed by atoms with Crippen molar-refractivity contribution in [1.29, 1.82) is 0 Å². The van der Waals surface area contributed by atoms with Crippen molar-refractivity contribution in [2.45, 2.75) is 26.2 Å². The molecular formula is C12H19OP. The molecule has 0 bridgehead atoms. The summed E-state index contributed by atoms with van der Waals surface area (Å²) in [6.45, 7) is 4.07. The van der Waals surface area contributed by atoms with Gasteiger partial charge >= 0.3 is 0 Å². The minimum Gasteiger partial charge on any atom is -0.319 e. The van der Waals surface area contributed by atoms with Gasteiger partial charge in [0.25, 0.3) is 0 Å². The molecule has 0 amide bonds. The molecule has 0 aromatic heterocycles. The Bertz CT molecular complexity index is 305. The van der Waals surface area contributed by atoms with Crippen LogP contribution >= 0.6 is 7.14 Å². The van der Waals surface area contributed by atoms with Crippen LogP contribution in [0.2, 0.25) is 0 Å². The maximum Gasteiger partial charge on any atom is 0.112 e. The van der Waals surface area contributed by atoms with Crippen LogP contribution in [-0.4, -0.2) is 12.8 Å². The Morgan fingerprint density at radius 3 is 2.36 bits per heavy atom. The molecule has 1 unspecified atom stereocenters. The molecule has 0 spiro atoms. The van der Waals surface area contributed by atoms with Crippen LogP contribution in [0.1, 0.15) is 26.2 Å². The van der Waals surface area contributed by atoms with Gasteiger partial charge in [-0.1, -0.05) is 50.1 Å². The summed E-state index contributed by atoms with van der Waals surface area (Å²) in [6, 6.07) is 9.85. The van der Waals surface area contributed by atoms with Crippen LogP contribution in [0.5, 0.6) is 0 Å². The molecule has 1 aromatic rings. The van der Waals surface area contributed by atoms with Crippen molar-refractivity contribution in [2.75, 3.05) is 12.8 Å². The lowest BCUT2D eigenvalue weighted by atomic mass is 10.3. The highest BCUT2D eigenvalue weighted by molar-refractivity contribution is 7.70. The summed E-state index contributed by atoms with van der Waals surface area (Å²) < 4.78 is 12.3. The van der Waals surface area contributed by atoms with Gasteiger partial charge in [0.15, 0.2) is 0 Å². The second-order valence-corrected chi connectivity index (χ2v) is 7.03. The van der Waals surface area contributed by atoms with E-state index in [-0.39, 0.29) is 0 Å². The van der Waals surface area contributed by atoms with Gasteiger partial charge in [-0.3, -0.25) is 0 Å². The minimum absolute atomic E-state index is 0.852. The van der Waals surface area contributed by atoms with Crippen molar-refractivity contribution in [1.82, 2.24) is 0 Å². The fourth-order valence-corrected chi connectivity index (χ4v) is 3.42. The first-order valence-electron chi connectivity index (χ1n) is 5.29. The van der Waals surface area contributed by atoms with Gasteiger partial charge in [0.2, 0.25) is 0 Å². The van der Waals surface area contributed by atoms with Crippen LogP contribution in [0.4, 0.5) is 0 Å². The Kier molecular flexibility index (Phi) is 4.41. The molecule has 14 heavy (non-hydrogen) atoms. The van der Waals surface area contributed by atoms with Crippen molar-refractivity contribution in [3.63, 3.8) is 0 Å². The molecule has 0 heterocycles. The molecule has 0 aliphatic rings. The average molecular weight is 210 g/mol. The second kappa shape index (κ2) is 5.36. The van der Waals surface area contributed by atoms with E-state index in [9.17, 15) is 4.57 Å². The molecule has 0 saturated carbocycles. The Hall–Kier alpha value is -0.550. The van der Waals surface area contributed by atoms with Crippen LogP contribution in [0, 0.1) is 0 Å². The Balaban J connectivity index is 2.62. The molecule has 0 fully saturated rings. The van der Waals surface area contributed by atoms with Crippen molar-refractivity contribution < 1.29 is 4.57 Å². The Morgan fingerprint density at radius 1 is 1.14 bits per heavy atom. The van der Waals surface area contributed by atoms with E-state index in [1.54, 1.807) is 0 Å². The number of unbranched alkanes of at least 4 members (excludes halogenated alkanes) is 2. The van der Waals surface area contributed by atoms with Gasteiger partial charge in [0, 0.05) is 11.5 Å². The molecular weight excluding hydrogens is 191 g/mol. The third-order valence-electron chi connectivity index (χ3n) is 2.49. The largest absolute Gasteiger partial charge is 0.319 e. The molecule has 1 rings (SSSR count). The quantitative estimate of drug-likeness (QED) is 0.537. The SMILES string of the molecule is CCCCCP(C)(=O)c1ccccc1. The lowest BCUT2D eigenvalue weighted by Gasteiger charge is -2.12. The van der Waals surface area contributed by atoms with Gasteiger partial charge in [0.1, 0.15) is 7.14 Å². The van der Waals surface area contributed by atoms with Crippen LogP contribution in [0.15, 0.2) is 30.3 Å². The first-order valence-corrected chi connectivity index (χ1v) is 7.63. The molecule has 1 atom stereocenters. The molecule has 0 aliphatic carbocycles. The van der Waals surface area contributed by atoms with E-state index in [1.807, 2.05) is 37.0 Å². The molecule has 2 heteroatoms. The molecule has 0 aliphatic heterocycles. The van der Waals surface area contributed by atoms with Crippen LogP contribution in [0.25, 0.3) is 0 Å². The minimum atomic E-state index is -2.07. The van der Waals surface area contributed by atoms with Crippen molar-refractivity contribution in [3.8, 4) is 0 Å². The maximum absolute atomic E-state index is 12.3. The van der Waals surface area contributed by atoms with Gasteiger partial charge < -0.3 is 4.57 Å². The first kappa shape index (κ1) is 11.5. The predicted octanol–water partition coefficient (Wildman–Crippen LogP) is 3.50. The number of hydrogen-bond acceptors (Lipinski definition) is 1. The lowest BCUT2D eigenvalue weighted by molar-refractivity contribution is 0.581. The van der Waals surface area contributed by atoms with E-state index < -0.39 is 7.14 Å². The second-order valence-electron chi connectivity index (χ2n) is 3.87. The summed E-state index contributed by atoms with van der Waals surface area (Å²) in [7, 11) is -2.07. The zero-order chi connectivity index (χ0) is 10.4. The third-order valence-corrected chi connectivity index (χ3v) is 5.05. The molecule has 0 saturated heterocycles. The molecule has 78 valence electrons. The zero-order valence-electron chi connectivity index (χ0n) is 9.07. The highest BCUT2D eigenvalue weighted by Gasteiger charge is 2.16. The number of rotatable bonds is 5. The first-order chi connectivity index (χ1) is 6.67. The fourth-order valence-electron chi connectivity index (χ4n) is 1.54. The molecule has 0 radical (unpaired) electrons. The van der Waals surface area contributed by atoms with Gasteiger partial charge in [-0.05, 0) is 13.1 Å². The summed E-state index contributed by atoms with van der Waals surface area (Å²) in [5.74, 6) is 0. The Morgan fingerprint density at radius 2 is 1.79 bits per heavy atom. The average Bonchev–Trinajstić information content (AvgIpc) is 2.19. The summed E-state index contributed by atoms with van der Waals surface area (Å²) >= 11 is 0. The van der Waals surface area contributed by atoms with E-state index in [0.29, 0.717) is 0 Å². The maximum atomic E-state index is 12.3. The standard InChI is InChI=1S/C12H19OP/c1-3-4-8-11-14(2,13)12-9-6-5-7-10-12/h5-7,9-10H,3-4,8,11H2,1-2H3. The normalized spacial score (nSPS) is 15.0.